The van der Waals surface area contributed by atoms with Crippen LogP contribution in [-0.2, 0) is 4.79 Å². The van der Waals surface area contributed by atoms with E-state index in [-0.39, 0.29) is 36.7 Å². The minimum Gasteiger partial charge on any atom is -1.00 e. The number of hydrogen-bond acceptors (Lipinski definition) is 2. The van der Waals surface area contributed by atoms with Gasteiger partial charge in [0.1, 0.15) is 5.75 Å². The molecule has 2 N–H and O–H groups in total. The Bertz CT molecular complexity index is 287. The summed E-state index contributed by atoms with van der Waals surface area (Å²) in [6.45, 7) is 1.61. The van der Waals surface area contributed by atoms with Gasteiger partial charge in [-0.3, -0.25) is 4.79 Å². The number of carboxylic acids is 1. The summed E-state index contributed by atoms with van der Waals surface area (Å²) in [5.41, 5.74) is 0.695. The van der Waals surface area contributed by atoms with E-state index in [2.05, 4.69) is 0 Å². The minimum absolute atomic E-state index is 0. The van der Waals surface area contributed by atoms with Crippen molar-refractivity contribution in [3.63, 3.8) is 0 Å². The summed E-state index contributed by atoms with van der Waals surface area (Å²) >= 11 is 0. The molecule has 0 aromatic heterocycles. The molecular weight excluding hydrogens is 179 g/mol. The van der Waals surface area contributed by atoms with Gasteiger partial charge in [-0.05, 0) is 24.6 Å². The first kappa shape index (κ1) is 12.5. The van der Waals surface area contributed by atoms with E-state index in [1.165, 1.54) is 12.1 Å². The van der Waals surface area contributed by atoms with Gasteiger partial charge in [0.2, 0.25) is 0 Å². The molecule has 0 radical (unpaired) electrons. The fraction of sp³-hybridized carbons (Fsp3) is 0.222. The number of phenols is 1. The SMILES string of the molecule is C[C@@H](C(=O)O)c1ccc(O)cc1.[H-].[Na+]. The Morgan fingerprint density at radius 1 is 1.38 bits per heavy atom. The second-order valence-electron chi connectivity index (χ2n) is 2.65. The van der Waals surface area contributed by atoms with Crippen LogP contribution in [0.1, 0.15) is 19.8 Å². The van der Waals surface area contributed by atoms with Crippen molar-refractivity contribution < 1.29 is 46.0 Å². The first-order chi connectivity index (χ1) is 5.61. The van der Waals surface area contributed by atoms with Crippen molar-refractivity contribution >= 4 is 5.97 Å². The van der Waals surface area contributed by atoms with Crippen LogP contribution in [0.3, 0.4) is 0 Å². The van der Waals surface area contributed by atoms with E-state index in [0.717, 1.165) is 0 Å². The van der Waals surface area contributed by atoms with Gasteiger partial charge in [0, 0.05) is 0 Å². The number of aromatic hydroxyl groups is 1. The van der Waals surface area contributed by atoms with Crippen LogP contribution in [0.2, 0.25) is 0 Å². The van der Waals surface area contributed by atoms with Crippen LogP contribution in [-0.4, -0.2) is 16.2 Å². The fourth-order valence-corrected chi connectivity index (χ4v) is 0.906. The second-order valence-corrected chi connectivity index (χ2v) is 2.65. The van der Waals surface area contributed by atoms with E-state index >= 15 is 0 Å². The molecule has 0 heterocycles. The zero-order valence-electron chi connectivity index (χ0n) is 8.69. The first-order valence-corrected chi connectivity index (χ1v) is 3.63. The van der Waals surface area contributed by atoms with Crippen molar-refractivity contribution in [1.82, 2.24) is 0 Å². The van der Waals surface area contributed by atoms with Crippen molar-refractivity contribution in [2.75, 3.05) is 0 Å². The molecule has 4 heteroatoms. The number of carbonyl (C=O) groups is 1. The Hall–Kier alpha value is -0.510. The number of aliphatic carboxylic acids is 1. The Morgan fingerprint density at radius 2 is 1.85 bits per heavy atom. The third kappa shape index (κ3) is 3.38. The molecule has 13 heavy (non-hydrogen) atoms. The van der Waals surface area contributed by atoms with Crippen LogP contribution in [0.5, 0.6) is 5.75 Å². The van der Waals surface area contributed by atoms with Gasteiger partial charge < -0.3 is 11.6 Å². The molecule has 0 aliphatic carbocycles. The van der Waals surface area contributed by atoms with Gasteiger partial charge in [0.05, 0.1) is 5.92 Å². The van der Waals surface area contributed by atoms with Crippen LogP contribution in [0.15, 0.2) is 24.3 Å². The van der Waals surface area contributed by atoms with Crippen molar-refractivity contribution in [1.29, 1.82) is 0 Å². The molecule has 0 aliphatic rings. The molecule has 0 aliphatic heterocycles. The summed E-state index contributed by atoms with van der Waals surface area (Å²) in [5.74, 6) is -1.23. The Balaban J connectivity index is 0. The maximum Gasteiger partial charge on any atom is 1.00 e. The van der Waals surface area contributed by atoms with Crippen molar-refractivity contribution in [3.05, 3.63) is 29.8 Å². The molecular formula is C9H11NaO3. The zero-order valence-corrected chi connectivity index (χ0v) is 9.69. The summed E-state index contributed by atoms with van der Waals surface area (Å²) in [7, 11) is 0. The Labute approximate surface area is 100 Å². The normalized spacial score (nSPS) is 11.5. The third-order valence-corrected chi connectivity index (χ3v) is 1.76. The summed E-state index contributed by atoms with van der Waals surface area (Å²) in [6, 6.07) is 6.17. The molecule has 0 spiro atoms. The van der Waals surface area contributed by atoms with Gasteiger partial charge in [-0.2, -0.15) is 0 Å². The molecule has 3 nitrogen and oxygen atoms in total. The van der Waals surface area contributed by atoms with Gasteiger partial charge in [-0.15, -0.1) is 0 Å². The number of carboxylic acid groups (broad SMARTS) is 1. The smallest absolute Gasteiger partial charge is 1.00 e. The number of phenolic OH excluding ortho intramolecular Hbond substituents is 1. The zero-order chi connectivity index (χ0) is 9.14. The molecule has 0 saturated heterocycles. The quantitative estimate of drug-likeness (QED) is 0.570. The van der Waals surface area contributed by atoms with E-state index in [1.807, 2.05) is 0 Å². The molecule has 0 saturated carbocycles. The average molecular weight is 190 g/mol. The predicted octanol–water partition coefficient (Wildman–Crippen LogP) is -1.30. The van der Waals surface area contributed by atoms with E-state index in [4.69, 9.17) is 10.2 Å². The van der Waals surface area contributed by atoms with Crippen molar-refractivity contribution in [2.24, 2.45) is 0 Å². The molecule has 0 unspecified atom stereocenters. The molecule has 1 atom stereocenters. The summed E-state index contributed by atoms with van der Waals surface area (Å²) in [5, 5.41) is 17.6. The van der Waals surface area contributed by atoms with Crippen LogP contribution >= 0.6 is 0 Å². The van der Waals surface area contributed by atoms with Gasteiger partial charge in [0.15, 0.2) is 0 Å². The fourth-order valence-electron chi connectivity index (χ4n) is 0.906. The van der Waals surface area contributed by atoms with Crippen LogP contribution in [0.4, 0.5) is 0 Å². The average Bonchev–Trinajstić information content (AvgIpc) is 2.04. The number of hydrogen-bond donors (Lipinski definition) is 2. The summed E-state index contributed by atoms with van der Waals surface area (Å²) < 4.78 is 0. The first-order valence-electron chi connectivity index (χ1n) is 3.63. The van der Waals surface area contributed by atoms with Gasteiger partial charge in [-0.1, -0.05) is 12.1 Å². The Morgan fingerprint density at radius 3 is 2.23 bits per heavy atom. The largest absolute Gasteiger partial charge is 1.00 e. The number of rotatable bonds is 2. The predicted molar refractivity (Wildman–Crippen MR) is 45.3 cm³/mol. The van der Waals surface area contributed by atoms with Crippen LogP contribution < -0.4 is 29.6 Å². The standard InChI is InChI=1S/C9H10O3.Na.H/c1-6(9(11)12)7-2-4-8(10)5-3-7;;/h2-6,10H,1H3,(H,11,12);;/q;+1;-1/t6-;;/m1../s1. The van der Waals surface area contributed by atoms with Crippen molar-refractivity contribution in [3.8, 4) is 5.75 Å². The molecule has 0 fully saturated rings. The van der Waals surface area contributed by atoms with E-state index in [1.54, 1.807) is 19.1 Å². The van der Waals surface area contributed by atoms with E-state index in [9.17, 15) is 4.79 Å². The van der Waals surface area contributed by atoms with E-state index in [0.29, 0.717) is 5.56 Å². The molecule has 66 valence electrons. The molecule has 0 amide bonds. The molecule has 1 aromatic rings. The van der Waals surface area contributed by atoms with Gasteiger partial charge in [-0.25, -0.2) is 0 Å². The van der Waals surface area contributed by atoms with Crippen LogP contribution in [0, 0.1) is 0 Å². The minimum atomic E-state index is -0.860. The topological polar surface area (TPSA) is 57.5 Å². The monoisotopic (exact) mass is 190 g/mol. The summed E-state index contributed by atoms with van der Waals surface area (Å²) in [4.78, 5) is 10.5. The van der Waals surface area contributed by atoms with Crippen LogP contribution in [0.25, 0.3) is 0 Å². The molecule has 1 rings (SSSR count). The second kappa shape index (κ2) is 5.27. The van der Waals surface area contributed by atoms with Gasteiger partial charge >= 0.3 is 35.5 Å². The summed E-state index contributed by atoms with van der Waals surface area (Å²) in [6.07, 6.45) is 0. The third-order valence-electron chi connectivity index (χ3n) is 1.76. The van der Waals surface area contributed by atoms with E-state index < -0.39 is 11.9 Å². The molecule has 1 aromatic carbocycles. The molecule has 0 bridgehead atoms. The number of benzene rings is 1. The van der Waals surface area contributed by atoms with Crippen molar-refractivity contribution in [2.45, 2.75) is 12.8 Å². The Kier molecular flexibility index (Phi) is 5.06. The maximum atomic E-state index is 10.5. The maximum absolute atomic E-state index is 10.5. The van der Waals surface area contributed by atoms with Gasteiger partial charge in [0.25, 0.3) is 0 Å².